The number of ether oxygens (including phenoxy) is 1. The van der Waals surface area contributed by atoms with E-state index < -0.39 is 0 Å². The Morgan fingerprint density at radius 3 is 2.62 bits per heavy atom. The molecule has 0 bridgehead atoms. The van der Waals surface area contributed by atoms with Crippen LogP contribution in [-0.4, -0.2) is 19.3 Å². The first-order valence-electron chi connectivity index (χ1n) is 3.98. The second kappa shape index (κ2) is 5.65. The Hall–Kier alpha value is -0.960. The van der Waals surface area contributed by atoms with E-state index in [2.05, 4.69) is 16.9 Å². The number of benzene rings is 1. The van der Waals surface area contributed by atoms with Crippen LogP contribution in [0.5, 0.6) is 0 Å². The molecule has 0 fully saturated rings. The second-order valence-electron chi connectivity index (χ2n) is 2.53. The van der Waals surface area contributed by atoms with Gasteiger partial charge < -0.3 is 4.74 Å². The number of hydrogen-bond acceptors (Lipinski definition) is 3. The number of rotatable bonds is 5. The van der Waals surface area contributed by atoms with Crippen LogP contribution in [0.3, 0.4) is 0 Å². The minimum Gasteiger partial charge on any atom is -0.457 e. The molecule has 0 aromatic heterocycles. The maximum Gasteiger partial charge on any atom is 0.417 e. The summed E-state index contributed by atoms with van der Waals surface area (Å²) >= 11 is 1.71. The van der Waals surface area contributed by atoms with Crippen molar-refractivity contribution in [2.45, 2.75) is 11.3 Å². The summed E-state index contributed by atoms with van der Waals surface area (Å²) < 4.78 is 4.48. The van der Waals surface area contributed by atoms with Crippen molar-refractivity contribution in [2.24, 2.45) is 0 Å². The molecule has 0 amide bonds. The van der Waals surface area contributed by atoms with E-state index in [1.54, 1.807) is 11.8 Å². The zero-order valence-electron chi connectivity index (χ0n) is 7.45. The molecule has 0 heterocycles. The first kappa shape index (κ1) is 10.1. The van der Waals surface area contributed by atoms with E-state index in [0.717, 1.165) is 6.42 Å². The van der Waals surface area contributed by atoms with Gasteiger partial charge in [0.2, 0.25) is 0 Å². The SMILES string of the molecule is CSc1ccc(CCO[C]=O)cc1. The Labute approximate surface area is 82.3 Å². The van der Waals surface area contributed by atoms with E-state index in [-0.39, 0.29) is 0 Å². The van der Waals surface area contributed by atoms with Gasteiger partial charge in [0.05, 0.1) is 6.61 Å². The average Bonchev–Trinajstić information content (AvgIpc) is 2.19. The van der Waals surface area contributed by atoms with Crippen molar-refractivity contribution >= 4 is 18.2 Å². The van der Waals surface area contributed by atoms with Crippen molar-refractivity contribution in [3.8, 4) is 0 Å². The molecule has 3 heteroatoms. The van der Waals surface area contributed by atoms with E-state index in [9.17, 15) is 4.79 Å². The smallest absolute Gasteiger partial charge is 0.417 e. The summed E-state index contributed by atoms with van der Waals surface area (Å²) in [5, 5.41) is 0. The van der Waals surface area contributed by atoms with E-state index in [1.807, 2.05) is 18.4 Å². The Balaban J connectivity index is 2.44. The van der Waals surface area contributed by atoms with Gasteiger partial charge in [-0.3, -0.25) is 0 Å². The van der Waals surface area contributed by atoms with E-state index >= 15 is 0 Å². The molecule has 0 saturated carbocycles. The van der Waals surface area contributed by atoms with Crippen LogP contribution >= 0.6 is 11.8 Å². The minimum absolute atomic E-state index is 0.405. The molecular formula is C10H11O2S. The molecular weight excluding hydrogens is 184 g/mol. The van der Waals surface area contributed by atoms with Gasteiger partial charge in [-0.05, 0) is 24.0 Å². The predicted molar refractivity (Wildman–Crippen MR) is 53.6 cm³/mol. The Morgan fingerprint density at radius 1 is 1.38 bits per heavy atom. The van der Waals surface area contributed by atoms with Gasteiger partial charge in [0, 0.05) is 11.3 Å². The van der Waals surface area contributed by atoms with Crippen LogP contribution in [0, 0.1) is 0 Å². The maximum absolute atomic E-state index is 9.74. The van der Waals surface area contributed by atoms with E-state index in [0.29, 0.717) is 6.61 Å². The second-order valence-corrected chi connectivity index (χ2v) is 3.41. The summed E-state index contributed by atoms with van der Waals surface area (Å²) in [6.07, 6.45) is 2.80. The highest BCUT2D eigenvalue weighted by atomic mass is 32.2. The molecule has 0 aliphatic carbocycles. The van der Waals surface area contributed by atoms with E-state index in [1.165, 1.54) is 16.9 Å². The molecule has 0 aliphatic rings. The normalized spacial score (nSPS) is 9.62. The fourth-order valence-electron chi connectivity index (χ4n) is 1.00. The number of hydrogen-bond donors (Lipinski definition) is 0. The Bertz CT molecular complexity index is 256. The van der Waals surface area contributed by atoms with Gasteiger partial charge in [0.1, 0.15) is 0 Å². The molecule has 0 unspecified atom stereocenters. The summed E-state index contributed by atoms with van der Waals surface area (Å²) in [5.41, 5.74) is 1.17. The van der Waals surface area contributed by atoms with Crippen LogP contribution in [0.25, 0.3) is 0 Å². The third kappa shape index (κ3) is 3.51. The summed E-state index contributed by atoms with van der Waals surface area (Å²) in [7, 11) is 0. The zero-order chi connectivity index (χ0) is 9.52. The van der Waals surface area contributed by atoms with Gasteiger partial charge in [0.15, 0.2) is 0 Å². The quantitative estimate of drug-likeness (QED) is 0.531. The van der Waals surface area contributed by atoms with Gasteiger partial charge >= 0.3 is 6.47 Å². The lowest BCUT2D eigenvalue weighted by molar-refractivity contribution is 0.282. The summed E-state index contributed by atoms with van der Waals surface area (Å²) in [4.78, 5) is 11.0. The van der Waals surface area contributed by atoms with Crippen LogP contribution in [0.1, 0.15) is 5.56 Å². The van der Waals surface area contributed by atoms with Crippen LogP contribution < -0.4 is 0 Å². The first-order chi connectivity index (χ1) is 6.36. The lowest BCUT2D eigenvalue weighted by Crippen LogP contribution is -1.95. The third-order valence-electron chi connectivity index (χ3n) is 1.71. The van der Waals surface area contributed by atoms with Crippen molar-refractivity contribution in [1.82, 2.24) is 0 Å². The highest BCUT2D eigenvalue weighted by Crippen LogP contribution is 2.14. The summed E-state index contributed by atoms with van der Waals surface area (Å²) in [6.45, 7) is 1.81. The molecule has 13 heavy (non-hydrogen) atoms. The molecule has 1 aromatic carbocycles. The van der Waals surface area contributed by atoms with Crippen molar-refractivity contribution in [3.05, 3.63) is 29.8 Å². The fraction of sp³-hybridized carbons (Fsp3) is 0.300. The largest absolute Gasteiger partial charge is 0.457 e. The molecule has 1 aromatic rings. The Kier molecular flexibility index (Phi) is 4.40. The molecule has 0 spiro atoms. The van der Waals surface area contributed by atoms with E-state index in [4.69, 9.17) is 0 Å². The van der Waals surface area contributed by atoms with Crippen molar-refractivity contribution in [2.75, 3.05) is 12.9 Å². The summed E-state index contributed by atoms with van der Waals surface area (Å²) in [6, 6.07) is 8.20. The van der Waals surface area contributed by atoms with Crippen molar-refractivity contribution < 1.29 is 9.53 Å². The molecule has 0 aliphatic heterocycles. The van der Waals surface area contributed by atoms with Crippen LogP contribution in [0.2, 0.25) is 0 Å². The highest BCUT2D eigenvalue weighted by molar-refractivity contribution is 7.98. The molecule has 2 nitrogen and oxygen atoms in total. The lowest BCUT2D eigenvalue weighted by atomic mass is 10.2. The van der Waals surface area contributed by atoms with Gasteiger partial charge in [-0.1, -0.05) is 12.1 Å². The van der Waals surface area contributed by atoms with Crippen molar-refractivity contribution in [3.63, 3.8) is 0 Å². The zero-order valence-corrected chi connectivity index (χ0v) is 8.26. The lowest BCUT2D eigenvalue weighted by Gasteiger charge is -2.00. The molecule has 69 valence electrons. The third-order valence-corrected chi connectivity index (χ3v) is 2.45. The number of thioether (sulfide) groups is 1. The fourth-order valence-corrected chi connectivity index (χ4v) is 1.41. The molecule has 0 saturated heterocycles. The average molecular weight is 195 g/mol. The highest BCUT2D eigenvalue weighted by Gasteiger charge is 1.93. The molecule has 1 rings (SSSR count). The van der Waals surface area contributed by atoms with Gasteiger partial charge in [-0.25, -0.2) is 4.79 Å². The molecule has 1 radical (unpaired) electrons. The molecule has 0 atom stereocenters. The van der Waals surface area contributed by atoms with Crippen LogP contribution in [0.4, 0.5) is 0 Å². The number of carbonyl (C=O) groups excluding carboxylic acids is 1. The minimum atomic E-state index is 0.405. The van der Waals surface area contributed by atoms with Crippen molar-refractivity contribution in [1.29, 1.82) is 0 Å². The predicted octanol–water partition coefficient (Wildman–Crippen LogP) is 2.03. The van der Waals surface area contributed by atoms with Crippen LogP contribution in [0.15, 0.2) is 29.2 Å². The Morgan fingerprint density at radius 2 is 2.08 bits per heavy atom. The van der Waals surface area contributed by atoms with Crippen LogP contribution in [-0.2, 0) is 16.0 Å². The first-order valence-corrected chi connectivity index (χ1v) is 5.21. The topological polar surface area (TPSA) is 26.3 Å². The van der Waals surface area contributed by atoms with Gasteiger partial charge in [-0.15, -0.1) is 11.8 Å². The maximum atomic E-state index is 9.74. The monoisotopic (exact) mass is 195 g/mol. The van der Waals surface area contributed by atoms with Gasteiger partial charge in [-0.2, -0.15) is 0 Å². The standard InChI is InChI=1S/C10H11O2S/c1-13-10-4-2-9(3-5-10)6-7-12-8-11/h2-5H,6-7H2,1H3. The molecule has 0 N–H and O–H groups in total. The van der Waals surface area contributed by atoms with Gasteiger partial charge in [0.25, 0.3) is 0 Å². The summed E-state index contributed by atoms with van der Waals surface area (Å²) in [5.74, 6) is 0.